The van der Waals surface area contributed by atoms with Crippen molar-refractivity contribution in [1.82, 2.24) is 9.97 Å². The van der Waals surface area contributed by atoms with E-state index in [9.17, 15) is 5.11 Å². The second-order valence-corrected chi connectivity index (χ2v) is 8.41. The first-order chi connectivity index (χ1) is 17.7. The van der Waals surface area contributed by atoms with Crippen molar-refractivity contribution in [3.8, 4) is 51.0 Å². The van der Waals surface area contributed by atoms with Gasteiger partial charge in [0.25, 0.3) is 0 Å². The summed E-state index contributed by atoms with van der Waals surface area (Å²) in [6, 6.07) is 40.4. The first-order valence-electron chi connectivity index (χ1n) is 11.6. The minimum Gasteiger partial charge on any atom is -0.507 e. The molecule has 0 aliphatic heterocycles. The van der Waals surface area contributed by atoms with Crippen molar-refractivity contribution in [3.63, 3.8) is 0 Å². The Kier molecular flexibility index (Phi) is 7.11. The average molecular weight is 661 g/mol. The zero-order valence-electron chi connectivity index (χ0n) is 19.6. The summed E-state index contributed by atoms with van der Waals surface area (Å²) in [6.45, 7) is 0. The number of rotatable bonds is 5. The second-order valence-electron chi connectivity index (χ2n) is 8.41. The van der Waals surface area contributed by atoms with Crippen LogP contribution in [0, 0.1) is 6.07 Å². The molecule has 0 atom stereocenters. The molecule has 2 heterocycles. The number of phenolic OH excluding ortho intramolecular Hbond substituents is 1. The molecule has 6 aromatic rings. The molecule has 0 aliphatic rings. The minimum absolute atomic E-state index is 0. The van der Waals surface area contributed by atoms with Gasteiger partial charge in [0.05, 0.1) is 5.69 Å². The third-order valence-corrected chi connectivity index (χ3v) is 5.98. The van der Waals surface area contributed by atoms with Crippen molar-refractivity contribution < 1.29 is 30.9 Å². The molecule has 4 nitrogen and oxygen atoms in total. The molecule has 0 saturated carbocycles. The van der Waals surface area contributed by atoms with Crippen molar-refractivity contribution in [1.29, 1.82) is 0 Å². The van der Waals surface area contributed by atoms with Crippen LogP contribution in [-0.2, 0) is 21.1 Å². The number of aromatic hydroxyl groups is 1. The van der Waals surface area contributed by atoms with Crippen LogP contribution in [0.2, 0.25) is 0 Å². The fraction of sp³-hybridized carbons (Fsp3) is 0. The van der Waals surface area contributed by atoms with Gasteiger partial charge in [-0.25, -0.2) is 4.98 Å². The Morgan fingerprint density at radius 2 is 1.38 bits per heavy atom. The van der Waals surface area contributed by atoms with E-state index in [0.717, 1.165) is 33.2 Å². The van der Waals surface area contributed by atoms with E-state index in [4.69, 9.17) is 9.72 Å². The molecular formula is C32H21N2O2Pt-. The summed E-state index contributed by atoms with van der Waals surface area (Å²) in [6.07, 6.45) is 1.80. The van der Waals surface area contributed by atoms with Crippen LogP contribution in [0.25, 0.3) is 44.4 Å². The second kappa shape index (κ2) is 10.8. The van der Waals surface area contributed by atoms with Gasteiger partial charge in [-0.1, -0.05) is 78.9 Å². The molecule has 5 heteroatoms. The number of nitrogens with zero attached hydrogens (tertiary/aromatic N) is 2. The molecule has 0 bridgehead atoms. The fourth-order valence-corrected chi connectivity index (χ4v) is 4.18. The van der Waals surface area contributed by atoms with Gasteiger partial charge in [-0.05, 0) is 40.4 Å². The quantitative estimate of drug-likeness (QED) is 0.191. The number of aromatic nitrogens is 2. The minimum atomic E-state index is 0. The van der Waals surface area contributed by atoms with Crippen LogP contribution in [0.15, 0.2) is 121 Å². The maximum atomic E-state index is 10.5. The van der Waals surface area contributed by atoms with Crippen LogP contribution in [0.4, 0.5) is 0 Å². The predicted molar refractivity (Wildman–Crippen MR) is 143 cm³/mol. The third-order valence-electron chi connectivity index (χ3n) is 5.98. The number of ether oxygens (including phenoxy) is 1. The normalized spacial score (nSPS) is 10.6. The molecule has 1 N–H and O–H groups in total. The third kappa shape index (κ3) is 5.30. The summed E-state index contributed by atoms with van der Waals surface area (Å²) < 4.78 is 6.06. The van der Waals surface area contributed by atoms with Crippen LogP contribution < -0.4 is 4.74 Å². The van der Waals surface area contributed by atoms with E-state index in [0.29, 0.717) is 22.9 Å². The summed E-state index contributed by atoms with van der Waals surface area (Å²) in [5, 5.41) is 12.6. The molecule has 0 spiro atoms. The summed E-state index contributed by atoms with van der Waals surface area (Å²) in [5.41, 5.74) is 4.92. The zero-order chi connectivity index (χ0) is 24.3. The smallest absolute Gasteiger partial charge is 0.217 e. The van der Waals surface area contributed by atoms with E-state index < -0.39 is 0 Å². The van der Waals surface area contributed by atoms with E-state index in [1.54, 1.807) is 18.3 Å². The van der Waals surface area contributed by atoms with E-state index >= 15 is 0 Å². The largest absolute Gasteiger partial charge is 0.507 e. The Bertz CT molecular complexity index is 1690. The van der Waals surface area contributed by atoms with Gasteiger partial charge >= 0.3 is 0 Å². The van der Waals surface area contributed by atoms with E-state index in [2.05, 4.69) is 23.2 Å². The monoisotopic (exact) mass is 660 g/mol. The van der Waals surface area contributed by atoms with Crippen LogP contribution in [-0.4, -0.2) is 15.1 Å². The Morgan fingerprint density at radius 1 is 0.649 bits per heavy atom. The Balaban J connectivity index is 0.00000280. The molecule has 0 aliphatic carbocycles. The molecule has 0 saturated heterocycles. The molecule has 0 amide bonds. The van der Waals surface area contributed by atoms with Gasteiger partial charge in [-0.15, -0.1) is 23.8 Å². The zero-order valence-corrected chi connectivity index (χ0v) is 21.9. The predicted octanol–water partition coefficient (Wildman–Crippen LogP) is 7.93. The number of fused-ring (bicyclic) bond motifs is 1. The van der Waals surface area contributed by atoms with Crippen LogP contribution >= 0.6 is 0 Å². The van der Waals surface area contributed by atoms with Gasteiger partial charge in [-0.2, -0.15) is 0 Å². The van der Waals surface area contributed by atoms with Gasteiger partial charge in [-0.3, -0.25) is 4.98 Å². The van der Waals surface area contributed by atoms with Crippen molar-refractivity contribution in [2.24, 2.45) is 0 Å². The molecule has 37 heavy (non-hydrogen) atoms. The maximum Gasteiger partial charge on any atom is 0.217 e. The molecule has 0 fully saturated rings. The van der Waals surface area contributed by atoms with Gasteiger partial charge in [0.2, 0.25) is 5.88 Å². The van der Waals surface area contributed by atoms with E-state index in [1.165, 1.54) is 0 Å². The number of hydrogen-bond donors (Lipinski definition) is 1. The van der Waals surface area contributed by atoms with Crippen LogP contribution in [0.1, 0.15) is 0 Å². The van der Waals surface area contributed by atoms with Crippen molar-refractivity contribution in [2.45, 2.75) is 0 Å². The molecule has 6 rings (SSSR count). The SMILES string of the molecule is Oc1ccccc1-c1cc(-c2ccccc2)cc(-c2[c-]c(Oc3cc4ccccc4cn3)ccc2)n1.[Pt]. The molecule has 2 aromatic heterocycles. The standard InChI is InChI=1S/C32H21N2O2.Pt/c35-31-16-7-6-15-28(31)30-19-26(22-9-2-1-3-10-22)18-29(34-30)24-13-8-14-27(17-24)36-32-20-23-11-4-5-12-25(23)21-33-32;/h1-16,18-21,35H;/q-1;. The average Bonchev–Trinajstić information content (AvgIpc) is 2.94. The Labute approximate surface area is 229 Å². The molecule has 0 unspecified atom stereocenters. The number of benzene rings is 4. The maximum absolute atomic E-state index is 10.5. The summed E-state index contributed by atoms with van der Waals surface area (Å²) in [4.78, 5) is 9.32. The molecule has 4 aromatic carbocycles. The van der Waals surface area contributed by atoms with Crippen molar-refractivity contribution >= 4 is 10.8 Å². The molecule has 0 radical (unpaired) electrons. The topological polar surface area (TPSA) is 55.2 Å². The Hall–Kier alpha value is -4.27. The van der Waals surface area contributed by atoms with E-state index in [1.807, 2.05) is 91.0 Å². The summed E-state index contributed by atoms with van der Waals surface area (Å²) in [5.74, 6) is 1.24. The Morgan fingerprint density at radius 3 is 2.22 bits per heavy atom. The molecular weight excluding hydrogens is 639 g/mol. The number of phenols is 1. The number of para-hydroxylation sites is 1. The van der Waals surface area contributed by atoms with Crippen LogP contribution in [0.5, 0.6) is 17.4 Å². The van der Waals surface area contributed by atoms with Gasteiger partial charge < -0.3 is 9.84 Å². The summed E-state index contributed by atoms with van der Waals surface area (Å²) >= 11 is 0. The van der Waals surface area contributed by atoms with E-state index in [-0.39, 0.29) is 26.8 Å². The molecule has 182 valence electrons. The number of pyridine rings is 2. The van der Waals surface area contributed by atoms with Crippen molar-refractivity contribution in [2.75, 3.05) is 0 Å². The first kappa shape index (κ1) is 24.4. The van der Waals surface area contributed by atoms with Gasteiger partial charge in [0.15, 0.2) is 0 Å². The number of hydrogen-bond acceptors (Lipinski definition) is 4. The van der Waals surface area contributed by atoms with Gasteiger partial charge in [0, 0.05) is 50.0 Å². The van der Waals surface area contributed by atoms with Gasteiger partial charge in [0.1, 0.15) is 5.75 Å². The first-order valence-corrected chi connectivity index (χ1v) is 11.6. The summed E-state index contributed by atoms with van der Waals surface area (Å²) in [7, 11) is 0. The van der Waals surface area contributed by atoms with Crippen LogP contribution in [0.3, 0.4) is 0 Å². The fourth-order valence-electron chi connectivity index (χ4n) is 4.18. The van der Waals surface area contributed by atoms with Crippen molar-refractivity contribution in [3.05, 3.63) is 128 Å².